The van der Waals surface area contributed by atoms with Crippen LogP contribution >= 0.6 is 36.0 Å². The maximum absolute atomic E-state index is 14.4. The fourth-order valence-corrected chi connectivity index (χ4v) is 10.9. The average molecular weight is 1330 g/mol. The molecule has 3 aromatic rings. The summed E-state index contributed by atoms with van der Waals surface area (Å²) >= 11 is 17.0. The molecule has 3 heterocycles. The molecule has 8 amide bonds. The van der Waals surface area contributed by atoms with Gasteiger partial charge in [0.05, 0.1) is 36.2 Å². The molecule has 0 unspecified atom stereocenters. The number of ether oxygens (including phenoxy) is 7. The number of isothiocyanates is 1. The van der Waals surface area contributed by atoms with Crippen molar-refractivity contribution >= 4 is 117 Å². The Balaban J connectivity index is 1.06. The van der Waals surface area contributed by atoms with Crippen LogP contribution in [0.2, 0.25) is 5.02 Å². The third kappa shape index (κ3) is 19.5. The number of primary amides is 1. The van der Waals surface area contributed by atoms with E-state index in [2.05, 4.69) is 54.3 Å². The van der Waals surface area contributed by atoms with Gasteiger partial charge in [-0.05, 0) is 130 Å². The van der Waals surface area contributed by atoms with Crippen LogP contribution in [-0.2, 0) is 60.6 Å². The summed E-state index contributed by atoms with van der Waals surface area (Å²) in [6.45, 7) is 9.54. The van der Waals surface area contributed by atoms with Crippen LogP contribution in [0.3, 0.4) is 0 Å². The molecule has 0 aliphatic carbocycles. The van der Waals surface area contributed by atoms with E-state index in [1.807, 2.05) is 26.8 Å². The summed E-state index contributed by atoms with van der Waals surface area (Å²) in [6.07, 6.45) is -1.58. The minimum Gasteiger partial charge on any atom is -0.495 e. The van der Waals surface area contributed by atoms with Crippen molar-refractivity contribution in [2.24, 2.45) is 22.6 Å². The lowest BCUT2D eigenvalue weighted by atomic mass is 9.83. The maximum Gasteiger partial charge on any atom is 0.412 e. The van der Waals surface area contributed by atoms with E-state index in [9.17, 15) is 43.5 Å². The number of allylic oxidation sites excluding steroid dienone is 3. The van der Waals surface area contributed by atoms with Crippen molar-refractivity contribution in [3.8, 4) is 5.75 Å². The van der Waals surface area contributed by atoms with Gasteiger partial charge in [0.1, 0.15) is 59.4 Å². The number of methoxy groups -OCH3 is 2. The number of aliphatic hydroxyl groups is 1. The maximum atomic E-state index is 14.4. The average Bonchev–Trinajstić information content (AvgIpc) is 1.57. The van der Waals surface area contributed by atoms with Gasteiger partial charge in [-0.1, -0.05) is 68.3 Å². The standard InChI is InChI=1S/C62H80ClN11O16S2/c1-34(2)51(70-57(92)68-42-23-21-40(22-24-42)66-32-91)54(77)69-43(15-13-25-65-56(64)79)53(76)67-41-19-17-38(18-20-41)31-86-59(81)72(7)33-87-60(82)73(8)37(5)55(78)89-48-29-49(75)74(9)44-27-39(28-45(84-10)50(44)63)26-35(3)14-12-16-47(85-11)62(83)30-46(88-58(80)71-62)36(4)52-61(48,6)90-52/h12,14,16-24,27-28,34,36-37,43,46-48,51-52,83H,13,15,25-26,29-31,33H2,1-11H3,(H,67,76)(H,69,77)(H,71,80)(H3,64,65,79)(H2,68,70,92)/b16-12+,35-14+/t36-,37+,43+,46+,47-,48+,51+,52+,61+,62+/m1/s1. The van der Waals surface area contributed by atoms with Gasteiger partial charge in [-0.15, -0.1) is 0 Å². The molecule has 10 atom stereocenters. The van der Waals surface area contributed by atoms with Gasteiger partial charge >= 0.3 is 30.3 Å². The number of thiocarbonyl (C=S) groups is 2. The van der Waals surface area contributed by atoms with E-state index in [0.29, 0.717) is 40.5 Å². The van der Waals surface area contributed by atoms with E-state index < -0.39 is 121 Å². The molecule has 2 fully saturated rings. The lowest BCUT2D eigenvalue weighted by Crippen LogP contribution is -2.63. The van der Waals surface area contributed by atoms with Gasteiger partial charge in [0.25, 0.3) is 0 Å². The lowest BCUT2D eigenvalue weighted by molar-refractivity contribution is -0.158. The van der Waals surface area contributed by atoms with Crippen molar-refractivity contribution in [2.45, 2.75) is 134 Å². The van der Waals surface area contributed by atoms with E-state index >= 15 is 0 Å². The predicted octanol–water partition coefficient (Wildman–Crippen LogP) is 6.97. The number of nitrogens with two attached hydrogens (primary N) is 1. The molecule has 0 aromatic heterocycles. The number of halogens is 1. The van der Waals surface area contributed by atoms with Crippen LogP contribution in [-0.4, -0.2) is 176 Å². The zero-order valence-electron chi connectivity index (χ0n) is 53.0. The fourth-order valence-electron chi connectivity index (χ4n) is 10.2. The molecule has 0 spiro atoms. The van der Waals surface area contributed by atoms with Gasteiger partial charge in [0, 0.05) is 58.5 Å². The second-order valence-corrected chi connectivity index (χ2v) is 24.0. The number of epoxide rings is 1. The monoisotopic (exact) mass is 1330 g/mol. The van der Waals surface area contributed by atoms with Gasteiger partial charge in [-0.2, -0.15) is 4.99 Å². The Hall–Kier alpha value is -8.44. The summed E-state index contributed by atoms with van der Waals surface area (Å²) in [4.78, 5) is 114. The number of carbonyl (C=O) groups is 8. The van der Waals surface area contributed by atoms with E-state index in [0.717, 1.165) is 20.9 Å². The number of hydrogen-bond donors (Lipinski definition) is 8. The van der Waals surface area contributed by atoms with Crippen LogP contribution in [0.5, 0.6) is 5.75 Å². The Morgan fingerprint density at radius 3 is 2.29 bits per heavy atom. The normalized spacial score (nSPS) is 23.0. The largest absolute Gasteiger partial charge is 0.495 e. The molecule has 3 aliphatic rings. The number of rotatable bonds is 21. The Labute approximate surface area is 549 Å². The van der Waals surface area contributed by atoms with Crippen molar-refractivity contribution in [2.75, 3.05) is 64.2 Å². The highest BCUT2D eigenvalue weighted by Crippen LogP contribution is 2.49. The summed E-state index contributed by atoms with van der Waals surface area (Å²) in [6, 6.07) is 12.6. The van der Waals surface area contributed by atoms with Gasteiger partial charge in [0.2, 0.25) is 17.7 Å². The van der Waals surface area contributed by atoms with Crippen molar-refractivity contribution in [3.63, 3.8) is 0 Å². The van der Waals surface area contributed by atoms with Gasteiger partial charge in [-0.25, -0.2) is 24.0 Å². The highest BCUT2D eigenvalue weighted by molar-refractivity contribution is 7.80. The fraction of sp³-hybridized carbons (Fsp3) is 0.484. The number of carbonyl (C=O) groups excluding carboxylic acids is 8. The molecule has 0 radical (unpaired) electrons. The van der Waals surface area contributed by atoms with Crippen LogP contribution in [0.15, 0.2) is 89.5 Å². The third-order valence-corrected chi connectivity index (χ3v) is 16.5. The molecule has 0 saturated carbocycles. The van der Waals surface area contributed by atoms with Crippen molar-refractivity contribution in [1.82, 2.24) is 31.1 Å². The van der Waals surface area contributed by atoms with Crippen LogP contribution in [0.25, 0.3) is 0 Å². The smallest absolute Gasteiger partial charge is 0.412 e. The molecule has 3 aromatic carbocycles. The molecule has 6 rings (SSSR count). The van der Waals surface area contributed by atoms with E-state index in [-0.39, 0.29) is 48.5 Å². The molecular weight excluding hydrogens is 1250 g/mol. The van der Waals surface area contributed by atoms with Crippen molar-refractivity contribution in [1.29, 1.82) is 0 Å². The Kier molecular flexibility index (Phi) is 25.8. The van der Waals surface area contributed by atoms with Crippen molar-refractivity contribution < 1.29 is 76.6 Å². The van der Waals surface area contributed by atoms with E-state index in [1.165, 1.54) is 47.2 Å². The summed E-state index contributed by atoms with van der Waals surface area (Å²) in [5.41, 5.74) is 5.92. The van der Waals surface area contributed by atoms with E-state index in [1.54, 1.807) is 86.7 Å². The molecule has 9 N–H and O–H groups in total. The first-order chi connectivity index (χ1) is 43.5. The zero-order valence-corrected chi connectivity index (χ0v) is 55.4. The van der Waals surface area contributed by atoms with Crippen LogP contribution < -0.4 is 47.3 Å². The second-order valence-electron chi connectivity index (χ2n) is 23.1. The topological polar surface area (TPSA) is 345 Å². The van der Waals surface area contributed by atoms with Gasteiger partial charge < -0.3 is 75.5 Å². The van der Waals surface area contributed by atoms with E-state index in [4.69, 9.17) is 62.7 Å². The summed E-state index contributed by atoms with van der Waals surface area (Å²) in [5.74, 6) is -3.21. The predicted molar refractivity (Wildman–Crippen MR) is 348 cm³/mol. The van der Waals surface area contributed by atoms with Crippen LogP contribution in [0, 0.1) is 11.8 Å². The number of hydrogen-bond acceptors (Lipinski definition) is 19. The summed E-state index contributed by atoms with van der Waals surface area (Å²) in [5, 5.41) is 31.1. The lowest BCUT2D eigenvalue weighted by Gasteiger charge is -2.42. The minimum absolute atomic E-state index is 0.117. The van der Waals surface area contributed by atoms with Crippen LogP contribution in [0.1, 0.15) is 78.4 Å². The molecule has 2 saturated heterocycles. The first kappa shape index (κ1) is 72.6. The SMILES string of the molecule is COc1cc2cc(c1Cl)N(C)C(=O)C[C@H](OC(=O)[C@H](C)N(C)C(=O)OCN(C)C(=O)OCc1ccc(NC(=O)[C@H](CCCNC(N)=O)NC(=O)[C@@H](NC(=S)Nc3ccc(N=C=S)cc3)C(C)C)cc1)[C@]1(C)O[C@H]1[C@H](C)[C@@H]1C[C@@](O)(NC(=O)O1)[C@H](OC)/C=C/C=C(\C)C2. The highest BCUT2D eigenvalue weighted by atomic mass is 35.5. The number of alkyl carbamates (subject to hydrolysis) is 1. The number of nitrogens with one attached hydrogen (secondary N) is 6. The summed E-state index contributed by atoms with van der Waals surface area (Å²) in [7, 11) is 6.94. The first-order valence-corrected chi connectivity index (χ1v) is 30.6. The minimum atomic E-state index is -1.92. The highest BCUT2D eigenvalue weighted by Gasteiger charge is 2.64. The number of urea groups is 1. The number of esters is 1. The zero-order chi connectivity index (χ0) is 67.8. The number of fused-ring (bicyclic) bond motifs is 5. The Morgan fingerprint density at radius 2 is 1.65 bits per heavy atom. The second kappa shape index (κ2) is 32.7. The number of amides is 8. The van der Waals surface area contributed by atoms with Gasteiger partial charge in [-0.3, -0.25) is 29.5 Å². The number of nitrogens with zero attached hydrogens (tertiary/aromatic N) is 4. The number of likely N-dealkylation sites (N-methyl/N-ethyl adjacent to an activating group) is 1. The number of anilines is 3. The number of benzene rings is 3. The Morgan fingerprint density at radius 1 is 0.978 bits per heavy atom. The quantitative estimate of drug-likeness (QED) is 0.0101. The van der Waals surface area contributed by atoms with Crippen LogP contribution in [0.4, 0.5) is 41.9 Å². The molecule has 92 heavy (non-hydrogen) atoms. The van der Waals surface area contributed by atoms with Gasteiger partial charge in [0.15, 0.2) is 17.6 Å². The first-order valence-electron chi connectivity index (χ1n) is 29.4. The molecule has 30 heteroatoms. The Bertz CT molecular complexity index is 3320. The van der Waals surface area contributed by atoms with Crippen molar-refractivity contribution in [3.05, 3.63) is 101 Å². The molecular formula is C62H80ClN11O16S2. The molecule has 4 bridgehead atoms. The molecule has 3 aliphatic heterocycles. The molecule has 498 valence electrons. The third-order valence-electron chi connectivity index (χ3n) is 15.8. The summed E-state index contributed by atoms with van der Waals surface area (Å²) < 4.78 is 40.2. The molecule has 27 nitrogen and oxygen atoms in total. The number of aliphatic imine (C=N–C) groups is 1.